The molecule has 5 rings (SSSR count). The Labute approximate surface area is 190 Å². The summed E-state index contributed by atoms with van der Waals surface area (Å²) in [5, 5.41) is 2.99. The molecule has 2 aliphatic rings. The normalized spacial score (nSPS) is 17.3. The Kier molecular flexibility index (Phi) is 5.55. The van der Waals surface area contributed by atoms with E-state index < -0.39 is 0 Å². The van der Waals surface area contributed by atoms with Gasteiger partial charge in [0.1, 0.15) is 0 Å². The SMILES string of the molecule is C[C@@H]1CCc2c(sc3c2CSC(C(=O)Nc2ccccc2C(=O)c2ccccc2)=C3)C1. The Morgan fingerprint density at radius 3 is 2.61 bits per heavy atom. The number of thiophene rings is 1. The molecule has 3 aromatic rings. The Bertz CT molecular complexity index is 1190. The molecular weight excluding hydrogens is 422 g/mol. The fraction of sp³-hybridized carbons (Fsp3) is 0.231. The van der Waals surface area contributed by atoms with Crippen LogP contribution in [0, 0.1) is 5.92 Å². The second-order valence-electron chi connectivity index (χ2n) is 8.19. The van der Waals surface area contributed by atoms with Crippen molar-refractivity contribution >= 4 is 46.6 Å². The van der Waals surface area contributed by atoms with E-state index in [1.807, 2.05) is 47.7 Å². The highest BCUT2D eigenvalue weighted by molar-refractivity contribution is 8.03. The van der Waals surface area contributed by atoms with E-state index in [9.17, 15) is 9.59 Å². The summed E-state index contributed by atoms with van der Waals surface area (Å²) in [6.07, 6.45) is 5.60. The van der Waals surface area contributed by atoms with Crippen molar-refractivity contribution in [1.82, 2.24) is 0 Å². The van der Waals surface area contributed by atoms with Crippen LogP contribution < -0.4 is 5.32 Å². The van der Waals surface area contributed by atoms with Crippen LogP contribution in [0.25, 0.3) is 6.08 Å². The van der Waals surface area contributed by atoms with E-state index >= 15 is 0 Å². The average Bonchev–Trinajstić information content (AvgIpc) is 3.16. The molecule has 0 fully saturated rings. The van der Waals surface area contributed by atoms with Crippen molar-refractivity contribution < 1.29 is 9.59 Å². The summed E-state index contributed by atoms with van der Waals surface area (Å²) in [5.41, 5.74) is 4.62. The molecule has 31 heavy (non-hydrogen) atoms. The predicted octanol–water partition coefficient (Wildman–Crippen LogP) is 6.33. The van der Waals surface area contributed by atoms with Crippen LogP contribution in [0.4, 0.5) is 5.69 Å². The van der Waals surface area contributed by atoms with Crippen molar-refractivity contribution in [3.63, 3.8) is 0 Å². The van der Waals surface area contributed by atoms with Gasteiger partial charge in [-0.3, -0.25) is 9.59 Å². The number of rotatable bonds is 4. The van der Waals surface area contributed by atoms with E-state index in [0.717, 1.165) is 24.5 Å². The first kappa shape index (κ1) is 20.3. The van der Waals surface area contributed by atoms with E-state index in [1.165, 1.54) is 27.3 Å². The predicted molar refractivity (Wildman–Crippen MR) is 130 cm³/mol. The maximum Gasteiger partial charge on any atom is 0.262 e. The third-order valence-corrected chi connectivity index (χ3v) is 8.26. The number of thioether (sulfide) groups is 1. The minimum absolute atomic E-state index is 0.0934. The Balaban J connectivity index is 1.39. The molecule has 2 aromatic carbocycles. The van der Waals surface area contributed by atoms with Crippen LogP contribution in [-0.2, 0) is 23.4 Å². The first-order chi connectivity index (χ1) is 15.1. The van der Waals surface area contributed by atoms with E-state index in [1.54, 1.807) is 36.0 Å². The zero-order valence-electron chi connectivity index (χ0n) is 17.3. The van der Waals surface area contributed by atoms with Crippen LogP contribution in [0.15, 0.2) is 59.5 Å². The molecule has 1 amide bonds. The summed E-state index contributed by atoms with van der Waals surface area (Å²) in [6, 6.07) is 16.4. The highest BCUT2D eigenvalue weighted by Crippen LogP contribution is 2.43. The number of nitrogens with one attached hydrogen (secondary N) is 1. The quantitative estimate of drug-likeness (QED) is 0.477. The van der Waals surface area contributed by atoms with Gasteiger partial charge in [-0.1, -0.05) is 49.4 Å². The summed E-state index contributed by atoms with van der Waals surface area (Å²) in [6.45, 7) is 2.32. The molecule has 1 N–H and O–H groups in total. The van der Waals surface area contributed by atoms with Crippen LogP contribution in [0.3, 0.4) is 0 Å². The first-order valence-corrected chi connectivity index (χ1v) is 12.4. The van der Waals surface area contributed by atoms with Gasteiger partial charge in [-0.25, -0.2) is 0 Å². The Hall–Kier alpha value is -2.63. The number of benzene rings is 2. The minimum Gasteiger partial charge on any atom is -0.321 e. The third kappa shape index (κ3) is 4.00. The number of hydrogen-bond donors (Lipinski definition) is 1. The van der Waals surface area contributed by atoms with Gasteiger partial charge in [0.05, 0.1) is 10.6 Å². The maximum atomic E-state index is 13.1. The molecule has 156 valence electrons. The molecule has 2 heterocycles. The van der Waals surface area contributed by atoms with Gasteiger partial charge >= 0.3 is 0 Å². The number of fused-ring (bicyclic) bond motifs is 3. The van der Waals surface area contributed by atoms with Crippen LogP contribution in [0.5, 0.6) is 0 Å². The van der Waals surface area contributed by atoms with Gasteiger partial charge in [-0.15, -0.1) is 23.1 Å². The molecule has 1 aliphatic heterocycles. The van der Waals surface area contributed by atoms with Gasteiger partial charge in [0.2, 0.25) is 0 Å². The van der Waals surface area contributed by atoms with Crippen molar-refractivity contribution in [2.45, 2.75) is 31.9 Å². The van der Waals surface area contributed by atoms with Gasteiger partial charge in [0.25, 0.3) is 5.91 Å². The topological polar surface area (TPSA) is 46.2 Å². The van der Waals surface area contributed by atoms with Gasteiger partial charge in [-0.2, -0.15) is 0 Å². The smallest absolute Gasteiger partial charge is 0.262 e. The number of anilines is 1. The first-order valence-electron chi connectivity index (χ1n) is 10.6. The van der Waals surface area contributed by atoms with E-state index in [-0.39, 0.29) is 11.7 Å². The van der Waals surface area contributed by atoms with Crippen LogP contribution in [0.2, 0.25) is 0 Å². The van der Waals surface area contributed by atoms with Gasteiger partial charge in [-0.05, 0) is 54.5 Å². The largest absolute Gasteiger partial charge is 0.321 e. The van der Waals surface area contributed by atoms with Crippen molar-refractivity contribution in [3.8, 4) is 0 Å². The molecule has 0 spiro atoms. The summed E-state index contributed by atoms with van der Waals surface area (Å²) in [5.74, 6) is 1.35. The second-order valence-corrected chi connectivity index (χ2v) is 10.3. The van der Waals surface area contributed by atoms with Crippen LogP contribution in [-0.4, -0.2) is 11.7 Å². The zero-order chi connectivity index (χ0) is 21.4. The highest BCUT2D eigenvalue weighted by Gasteiger charge is 2.27. The number of para-hydroxylation sites is 1. The summed E-state index contributed by atoms with van der Waals surface area (Å²) < 4.78 is 0. The number of amides is 1. The molecular formula is C26H23NO2S2. The second kappa shape index (κ2) is 8.48. The van der Waals surface area contributed by atoms with Crippen LogP contribution in [0.1, 0.15) is 50.1 Å². The maximum absolute atomic E-state index is 13.1. The molecule has 3 nitrogen and oxygen atoms in total. The van der Waals surface area contributed by atoms with Crippen molar-refractivity contribution in [2.24, 2.45) is 5.92 Å². The molecule has 5 heteroatoms. The average molecular weight is 446 g/mol. The number of ketones is 1. The lowest BCUT2D eigenvalue weighted by molar-refractivity contribution is -0.112. The van der Waals surface area contributed by atoms with Gasteiger partial charge in [0, 0.05) is 26.6 Å². The molecule has 0 saturated carbocycles. The lowest BCUT2D eigenvalue weighted by Crippen LogP contribution is -2.17. The van der Waals surface area contributed by atoms with Crippen molar-refractivity contribution in [3.05, 3.63) is 91.5 Å². The zero-order valence-corrected chi connectivity index (χ0v) is 18.9. The number of carbonyl (C=O) groups is 2. The lowest BCUT2D eigenvalue weighted by atomic mass is 9.88. The van der Waals surface area contributed by atoms with E-state index in [4.69, 9.17) is 0 Å². The van der Waals surface area contributed by atoms with Crippen molar-refractivity contribution in [1.29, 1.82) is 0 Å². The summed E-state index contributed by atoms with van der Waals surface area (Å²) in [7, 11) is 0. The van der Waals surface area contributed by atoms with Crippen molar-refractivity contribution in [2.75, 3.05) is 5.32 Å². The summed E-state index contributed by atoms with van der Waals surface area (Å²) >= 11 is 3.44. The monoisotopic (exact) mass is 445 g/mol. The number of carbonyl (C=O) groups excluding carboxylic acids is 2. The number of hydrogen-bond acceptors (Lipinski definition) is 4. The molecule has 0 unspecified atom stereocenters. The van der Waals surface area contributed by atoms with Crippen LogP contribution >= 0.6 is 23.1 Å². The molecule has 1 aliphatic carbocycles. The molecule has 0 bridgehead atoms. The van der Waals surface area contributed by atoms with E-state index in [2.05, 4.69) is 12.2 Å². The van der Waals surface area contributed by atoms with Gasteiger partial charge in [0.15, 0.2) is 5.78 Å². The fourth-order valence-corrected chi connectivity index (χ4v) is 6.93. The molecule has 0 saturated heterocycles. The molecule has 1 aromatic heterocycles. The third-order valence-electron chi connectivity index (χ3n) is 5.97. The highest BCUT2D eigenvalue weighted by atomic mass is 32.2. The molecule has 0 radical (unpaired) electrons. The fourth-order valence-electron chi connectivity index (χ4n) is 4.27. The lowest BCUT2D eigenvalue weighted by Gasteiger charge is -2.20. The summed E-state index contributed by atoms with van der Waals surface area (Å²) in [4.78, 5) is 29.5. The standard InChI is InChI=1S/C26H23NO2S2/c1-16-11-12-18-20-15-30-24(14-23(20)31-22(18)13-16)26(29)27-21-10-6-5-9-19(21)25(28)17-7-3-2-4-8-17/h2-10,14,16H,11-13,15H2,1H3,(H,27,29)/t16-/m1/s1. The molecule has 1 atom stereocenters. The minimum atomic E-state index is -0.149. The van der Waals surface area contributed by atoms with Gasteiger partial charge < -0.3 is 5.32 Å². The Morgan fingerprint density at radius 2 is 1.77 bits per heavy atom. The van der Waals surface area contributed by atoms with E-state index in [0.29, 0.717) is 21.7 Å². The Morgan fingerprint density at radius 1 is 1.00 bits per heavy atom.